The molecule has 5 heterocycles. The van der Waals surface area contributed by atoms with E-state index in [0.717, 1.165) is 0 Å². The van der Waals surface area contributed by atoms with Crippen molar-refractivity contribution < 1.29 is 129 Å². The van der Waals surface area contributed by atoms with Crippen LogP contribution in [0.25, 0.3) is 0 Å². The first kappa shape index (κ1) is 46.0. The molecule has 1 unspecified atom stereocenters. The van der Waals surface area contributed by atoms with Crippen LogP contribution in [0, 0.1) is 0 Å². The van der Waals surface area contributed by atoms with Crippen molar-refractivity contribution in [1.82, 2.24) is 0 Å². The van der Waals surface area contributed by atoms with Crippen LogP contribution in [0.1, 0.15) is 0 Å². The van der Waals surface area contributed by atoms with E-state index in [1.54, 1.807) is 0 Å². The molecular formula is C30H52O26. The normalized spacial score (nSPS) is 53.2. The van der Waals surface area contributed by atoms with E-state index < -0.39 is 187 Å². The topological polar surface area (TPSA) is 427 Å². The molecule has 5 saturated heterocycles. The van der Waals surface area contributed by atoms with Gasteiger partial charge in [0.05, 0.1) is 33.0 Å². The summed E-state index contributed by atoms with van der Waals surface area (Å²) in [6.45, 7) is -4.53. The summed E-state index contributed by atoms with van der Waals surface area (Å²) in [5.41, 5.74) is 0. The minimum absolute atomic E-state index is 0.814. The highest BCUT2D eigenvalue weighted by Gasteiger charge is 2.56. The number of aliphatic hydroxyl groups excluding tert-OH is 17. The SMILES string of the molecule is OC[C@H]1O[C@@H](O[C@H]2[C@H](O)[C@@H](O)[C@H](O[C@H]3[C@H](O)[C@@H](O)[C@H](O[C@@H]4[C@@H](O)[C@H](O[C@H]5[C@H](O)[C@@H](O)C(O)O[C@@H]5CO)O[C@H](CO)[C@H]4O)O[C@@H]3CO)O[C@@H]2CO)[C@H](O)[C@@H](O)[C@@H]1O. The molecule has 0 amide bonds. The lowest BCUT2D eigenvalue weighted by Gasteiger charge is -2.49. The highest BCUT2D eigenvalue weighted by molar-refractivity contribution is 4.99. The monoisotopic (exact) mass is 828 g/mol. The molecule has 25 atom stereocenters. The zero-order valence-corrected chi connectivity index (χ0v) is 29.2. The lowest BCUT2D eigenvalue weighted by Crippen LogP contribution is -2.68. The molecule has 5 rings (SSSR count). The van der Waals surface area contributed by atoms with Crippen LogP contribution in [0.4, 0.5) is 0 Å². The molecule has 0 aromatic rings. The van der Waals surface area contributed by atoms with Crippen LogP contribution in [-0.2, 0) is 42.6 Å². The van der Waals surface area contributed by atoms with Crippen LogP contribution < -0.4 is 0 Å². The Kier molecular flexibility index (Phi) is 16.1. The molecule has 0 aromatic carbocycles. The van der Waals surface area contributed by atoms with Crippen molar-refractivity contribution in [2.75, 3.05) is 33.0 Å². The summed E-state index contributed by atoms with van der Waals surface area (Å²) in [6.07, 6.45) is -46.2. The highest BCUT2D eigenvalue weighted by Crippen LogP contribution is 2.35. The van der Waals surface area contributed by atoms with Crippen molar-refractivity contribution in [3.05, 3.63) is 0 Å². The van der Waals surface area contributed by atoms with Gasteiger partial charge in [-0.25, -0.2) is 0 Å². The summed E-state index contributed by atoms with van der Waals surface area (Å²) >= 11 is 0. The molecule has 5 fully saturated rings. The fourth-order valence-electron chi connectivity index (χ4n) is 7.03. The average Bonchev–Trinajstić information content (AvgIpc) is 3.19. The predicted molar refractivity (Wildman–Crippen MR) is 167 cm³/mol. The Balaban J connectivity index is 1.26. The Morgan fingerprint density at radius 1 is 0.268 bits per heavy atom. The second-order valence-electron chi connectivity index (χ2n) is 13.9. The van der Waals surface area contributed by atoms with Gasteiger partial charge in [-0.15, -0.1) is 0 Å². The summed E-state index contributed by atoms with van der Waals surface area (Å²) in [5, 5.41) is 176. The van der Waals surface area contributed by atoms with Gasteiger partial charge in [0, 0.05) is 0 Å². The molecule has 0 bridgehead atoms. The minimum atomic E-state index is -2.15. The van der Waals surface area contributed by atoms with Gasteiger partial charge in [0.1, 0.15) is 122 Å². The van der Waals surface area contributed by atoms with Crippen LogP contribution in [0.15, 0.2) is 0 Å². The van der Waals surface area contributed by atoms with Crippen molar-refractivity contribution in [2.45, 2.75) is 154 Å². The predicted octanol–water partition coefficient (Wildman–Crippen LogP) is -11.9. The summed E-state index contributed by atoms with van der Waals surface area (Å²) in [4.78, 5) is 0. The van der Waals surface area contributed by atoms with E-state index in [1.807, 2.05) is 0 Å². The first-order chi connectivity index (χ1) is 26.5. The number of aliphatic hydroxyl groups is 17. The molecule has 0 aromatic heterocycles. The zero-order valence-electron chi connectivity index (χ0n) is 29.2. The van der Waals surface area contributed by atoms with Gasteiger partial charge >= 0.3 is 0 Å². The Hall–Kier alpha value is -1.04. The lowest BCUT2D eigenvalue weighted by atomic mass is 9.95. The van der Waals surface area contributed by atoms with Gasteiger partial charge in [0.15, 0.2) is 31.5 Å². The number of ether oxygens (including phenoxy) is 9. The first-order valence-electron chi connectivity index (χ1n) is 17.6. The van der Waals surface area contributed by atoms with Gasteiger partial charge in [-0.2, -0.15) is 0 Å². The van der Waals surface area contributed by atoms with Crippen molar-refractivity contribution in [3.63, 3.8) is 0 Å². The van der Waals surface area contributed by atoms with Crippen LogP contribution in [0.2, 0.25) is 0 Å². The summed E-state index contributed by atoms with van der Waals surface area (Å²) in [6, 6.07) is 0. The minimum Gasteiger partial charge on any atom is -0.394 e. The number of hydrogen-bond acceptors (Lipinski definition) is 26. The van der Waals surface area contributed by atoms with E-state index in [9.17, 15) is 86.8 Å². The standard InChI is InChI=1S/C30H52O26/c31-1-6-11(36)13(38)18(43)27(49-6)53-23-9(4-34)51-28(19(44)15(23)40)54-24-10(5-35)52-29(20(45)16(24)41)56-25-12(37)7(2-32)50-30(21(25)46)55-22-8(3-33)48-26(47)17(42)14(22)39/h6-47H,1-5H2/t6-,7-,8-,9-,10-,11-,12-,13+,14-,15-,16-,17-,18-,19-,20-,21-,22-,23-,24-,25+,26?,27+,28+,29+,30+/m1/s1. The quantitative estimate of drug-likeness (QED) is 0.0819. The number of rotatable bonds is 13. The molecular weight excluding hydrogens is 776 g/mol. The van der Waals surface area contributed by atoms with Crippen molar-refractivity contribution in [1.29, 1.82) is 0 Å². The van der Waals surface area contributed by atoms with Crippen LogP contribution in [0.5, 0.6) is 0 Å². The van der Waals surface area contributed by atoms with Crippen LogP contribution in [-0.4, -0.2) is 273 Å². The molecule has 56 heavy (non-hydrogen) atoms. The van der Waals surface area contributed by atoms with Gasteiger partial charge in [-0.3, -0.25) is 0 Å². The van der Waals surface area contributed by atoms with Crippen molar-refractivity contribution in [3.8, 4) is 0 Å². The largest absolute Gasteiger partial charge is 0.394 e. The molecule has 26 nitrogen and oxygen atoms in total. The molecule has 26 heteroatoms. The molecule has 0 aliphatic carbocycles. The third-order valence-electron chi connectivity index (χ3n) is 10.3. The van der Waals surface area contributed by atoms with Gasteiger partial charge in [0.25, 0.3) is 0 Å². The fraction of sp³-hybridized carbons (Fsp3) is 1.00. The highest BCUT2D eigenvalue weighted by atomic mass is 16.8. The molecule has 0 spiro atoms. The summed E-state index contributed by atoms with van der Waals surface area (Å²) in [5.74, 6) is 0. The average molecular weight is 829 g/mol. The Morgan fingerprint density at radius 2 is 0.571 bits per heavy atom. The van der Waals surface area contributed by atoms with Gasteiger partial charge in [-0.05, 0) is 0 Å². The maximum absolute atomic E-state index is 11.1. The summed E-state index contributed by atoms with van der Waals surface area (Å²) < 4.78 is 49.1. The van der Waals surface area contributed by atoms with Crippen LogP contribution in [0.3, 0.4) is 0 Å². The van der Waals surface area contributed by atoms with Crippen molar-refractivity contribution >= 4 is 0 Å². The Morgan fingerprint density at radius 3 is 0.982 bits per heavy atom. The maximum atomic E-state index is 11.1. The molecule has 0 radical (unpaired) electrons. The second kappa shape index (κ2) is 19.6. The zero-order chi connectivity index (χ0) is 41.3. The van der Waals surface area contributed by atoms with Gasteiger partial charge in [-0.1, -0.05) is 0 Å². The number of hydrogen-bond donors (Lipinski definition) is 17. The third kappa shape index (κ3) is 9.16. The lowest BCUT2D eigenvalue weighted by molar-refractivity contribution is -0.393. The fourth-order valence-corrected chi connectivity index (χ4v) is 7.03. The maximum Gasteiger partial charge on any atom is 0.187 e. The molecule has 328 valence electrons. The van der Waals surface area contributed by atoms with E-state index >= 15 is 0 Å². The first-order valence-corrected chi connectivity index (χ1v) is 17.6. The third-order valence-corrected chi connectivity index (χ3v) is 10.3. The van der Waals surface area contributed by atoms with Gasteiger partial charge < -0.3 is 129 Å². The molecule has 5 aliphatic rings. The van der Waals surface area contributed by atoms with E-state index in [-0.39, 0.29) is 0 Å². The summed E-state index contributed by atoms with van der Waals surface area (Å²) in [7, 11) is 0. The molecule has 5 aliphatic heterocycles. The van der Waals surface area contributed by atoms with Gasteiger partial charge in [0.2, 0.25) is 0 Å². The van der Waals surface area contributed by atoms with Crippen molar-refractivity contribution in [2.24, 2.45) is 0 Å². The van der Waals surface area contributed by atoms with E-state index in [4.69, 9.17) is 42.6 Å². The van der Waals surface area contributed by atoms with E-state index in [1.165, 1.54) is 0 Å². The molecule has 0 saturated carbocycles. The second-order valence-corrected chi connectivity index (χ2v) is 13.9. The van der Waals surface area contributed by atoms with E-state index in [2.05, 4.69) is 0 Å². The Bertz CT molecular complexity index is 1200. The molecule has 17 N–H and O–H groups in total. The Labute approximate surface area is 316 Å². The smallest absolute Gasteiger partial charge is 0.187 e. The van der Waals surface area contributed by atoms with Crippen LogP contribution >= 0.6 is 0 Å². The van der Waals surface area contributed by atoms with E-state index in [0.29, 0.717) is 0 Å².